The molecule has 1 aliphatic carbocycles. The van der Waals surface area contributed by atoms with E-state index >= 15 is 0 Å². The van der Waals surface area contributed by atoms with Crippen LogP contribution in [0.15, 0.2) is 18.2 Å². The van der Waals surface area contributed by atoms with Gasteiger partial charge in [0.25, 0.3) is 0 Å². The van der Waals surface area contributed by atoms with Crippen LogP contribution in [0.5, 0.6) is 5.75 Å². The summed E-state index contributed by atoms with van der Waals surface area (Å²) in [5.41, 5.74) is 2.30. The standard InChI is InChI=1S/C20H30N2O2/c1-21(17-9-5-3-4-6-10-17)15-20(23)22-13-7-8-16-14-18(24-2)11-12-19(16)22/h11-12,14,17H,3-10,13,15H2,1-2H3. The summed E-state index contributed by atoms with van der Waals surface area (Å²) < 4.78 is 5.32. The van der Waals surface area contributed by atoms with E-state index in [-0.39, 0.29) is 5.91 Å². The number of amides is 1. The lowest BCUT2D eigenvalue weighted by atomic mass is 10.0. The van der Waals surface area contributed by atoms with Gasteiger partial charge in [0, 0.05) is 18.3 Å². The summed E-state index contributed by atoms with van der Waals surface area (Å²) in [5, 5.41) is 0. The molecule has 2 aliphatic rings. The van der Waals surface area contributed by atoms with E-state index in [4.69, 9.17) is 4.74 Å². The highest BCUT2D eigenvalue weighted by molar-refractivity contribution is 5.96. The van der Waals surface area contributed by atoms with E-state index in [1.165, 1.54) is 44.1 Å². The zero-order valence-electron chi connectivity index (χ0n) is 15.1. The number of fused-ring (bicyclic) bond motifs is 1. The van der Waals surface area contributed by atoms with Gasteiger partial charge in [0.15, 0.2) is 0 Å². The molecule has 4 heteroatoms. The zero-order valence-corrected chi connectivity index (χ0v) is 15.1. The first-order valence-electron chi connectivity index (χ1n) is 9.36. The van der Waals surface area contributed by atoms with Crippen molar-refractivity contribution in [2.24, 2.45) is 0 Å². The minimum Gasteiger partial charge on any atom is -0.497 e. The van der Waals surface area contributed by atoms with Crippen LogP contribution >= 0.6 is 0 Å². The largest absolute Gasteiger partial charge is 0.497 e. The maximum atomic E-state index is 12.9. The Morgan fingerprint density at radius 3 is 2.67 bits per heavy atom. The van der Waals surface area contributed by atoms with Crippen molar-refractivity contribution < 1.29 is 9.53 Å². The van der Waals surface area contributed by atoms with Crippen LogP contribution in [-0.4, -0.2) is 44.1 Å². The molecule has 24 heavy (non-hydrogen) atoms. The molecular weight excluding hydrogens is 300 g/mol. The molecule has 0 aromatic heterocycles. The van der Waals surface area contributed by atoms with Gasteiger partial charge in [-0.3, -0.25) is 9.69 Å². The van der Waals surface area contributed by atoms with Gasteiger partial charge in [0.1, 0.15) is 5.75 Å². The summed E-state index contributed by atoms with van der Waals surface area (Å²) in [5.74, 6) is 1.10. The Balaban J connectivity index is 1.67. The minimum absolute atomic E-state index is 0.230. The Hall–Kier alpha value is -1.55. The molecule has 0 N–H and O–H groups in total. The number of hydrogen-bond donors (Lipinski definition) is 0. The second-order valence-corrected chi connectivity index (χ2v) is 7.20. The van der Waals surface area contributed by atoms with Gasteiger partial charge in [-0.05, 0) is 56.5 Å². The molecule has 1 aromatic rings. The molecule has 1 amide bonds. The first kappa shape index (κ1) is 17.3. The predicted octanol–water partition coefficient (Wildman–Crippen LogP) is 3.63. The summed E-state index contributed by atoms with van der Waals surface area (Å²) in [6.07, 6.45) is 9.81. The van der Waals surface area contributed by atoms with E-state index in [1.807, 2.05) is 17.0 Å². The van der Waals surface area contributed by atoms with Crippen molar-refractivity contribution in [2.75, 3.05) is 32.1 Å². The van der Waals surface area contributed by atoms with Gasteiger partial charge in [0.2, 0.25) is 5.91 Å². The molecule has 3 rings (SSSR count). The lowest BCUT2D eigenvalue weighted by Gasteiger charge is -2.33. The molecule has 132 valence electrons. The maximum absolute atomic E-state index is 12.9. The van der Waals surface area contributed by atoms with Crippen LogP contribution in [0.25, 0.3) is 0 Å². The van der Waals surface area contributed by atoms with Gasteiger partial charge in [-0.15, -0.1) is 0 Å². The Kier molecular flexibility index (Phi) is 5.77. The number of anilines is 1. The van der Waals surface area contributed by atoms with Gasteiger partial charge in [0.05, 0.1) is 13.7 Å². The van der Waals surface area contributed by atoms with E-state index in [2.05, 4.69) is 18.0 Å². The van der Waals surface area contributed by atoms with Crippen LogP contribution in [0.3, 0.4) is 0 Å². The number of likely N-dealkylation sites (N-methyl/N-ethyl adjacent to an activating group) is 1. The SMILES string of the molecule is COc1ccc2c(c1)CCCN2C(=O)CN(C)C1CCCCCC1. The van der Waals surface area contributed by atoms with Crippen LogP contribution in [0.4, 0.5) is 5.69 Å². The maximum Gasteiger partial charge on any atom is 0.241 e. The van der Waals surface area contributed by atoms with Crippen molar-refractivity contribution in [1.29, 1.82) is 0 Å². The summed E-state index contributed by atoms with van der Waals surface area (Å²) in [6.45, 7) is 1.35. The van der Waals surface area contributed by atoms with Gasteiger partial charge in [-0.25, -0.2) is 0 Å². The van der Waals surface area contributed by atoms with Crippen LogP contribution in [-0.2, 0) is 11.2 Å². The van der Waals surface area contributed by atoms with E-state index in [9.17, 15) is 4.79 Å². The average Bonchev–Trinajstić information content (AvgIpc) is 2.90. The molecule has 0 bridgehead atoms. The second-order valence-electron chi connectivity index (χ2n) is 7.20. The van der Waals surface area contributed by atoms with Gasteiger partial charge >= 0.3 is 0 Å². The van der Waals surface area contributed by atoms with E-state index < -0.39 is 0 Å². The van der Waals surface area contributed by atoms with Crippen molar-refractivity contribution >= 4 is 11.6 Å². The number of hydrogen-bond acceptors (Lipinski definition) is 3. The van der Waals surface area contributed by atoms with Crippen molar-refractivity contribution in [3.63, 3.8) is 0 Å². The van der Waals surface area contributed by atoms with Crippen molar-refractivity contribution in [2.45, 2.75) is 57.4 Å². The number of rotatable bonds is 4. The topological polar surface area (TPSA) is 32.8 Å². The molecule has 0 radical (unpaired) electrons. The number of methoxy groups -OCH3 is 1. The van der Waals surface area contributed by atoms with Crippen LogP contribution < -0.4 is 9.64 Å². The fraction of sp³-hybridized carbons (Fsp3) is 0.650. The molecule has 0 spiro atoms. The highest BCUT2D eigenvalue weighted by atomic mass is 16.5. The van der Waals surface area contributed by atoms with E-state index in [0.29, 0.717) is 12.6 Å². The number of aryl methyl sites for hydroxylation is 1. The van der Waals surface area contributed by atoms with Crippen LogP contribution in [0.1, 0.15) is 50.5 Å². The Labute approximate surface area is 145 Å². The third-order valence-corrected chi connectivity index (χ3v) is 5.54. The lowest BCUT2D eigenvalue weighted by molar-refractivity contribution is -0.120. The van der Waals surface area contributed by atoms with Crippen molar-refractivity contribution in [1.82, 2.24) is 4.90 Å². The molecule has 1 saturated carbocycles. The monoisotopic (exact) mass is 330 g/mol. The molecule has 0 unspecified atom stereocenters. The summed E-state index contributed by atoms with van der Waals surface area (Å²) >= 11 is 0. The number of nitrogens with zero attached hydrogens (tertiary/aromatic N) is 2. The fourth-order valence-electron chi connectivity index (χ4n) is 4.09. The zero-order chi connectivity index (χ0) is 16.9. The molecule has 0 atom stereocenters. The number of carbonyl (C=O) groups excluding carboxylic acids is 1. The highest BCUT2D eigenvalue weighted by Crippen LogP contribution is 2.31. The lowest BCUT2D eigenvalue weighted by Crippen LogP contribution is -2.44. The third kappa shape index (κ3) is 3.92. The number of carbonyl (C=O) groups is 1. The predicted molar refractivity (Wildman–Crippen MR) is 97.8 cm³/mol. The minimum atomic E-state index is 0.230. The Morgan fingerprint density at radius 1 is 1.21 bits per heavy atom. The number of benzene rings is 1. The summed E-state index contributed by atoms with van der Waals surface area (Å²) in [6, 6.07) is 6.64. The first-order valence-corrected chi connectivity index (χ1v) is 9.36. The molecule has 1 fully saturated rings. The molecular formula is C20H30N2O2. The second kappa shape index (κ2) is 8.02. The quantitative estimate of drug-likeness (QED) is 0.790. The van der Waals surface area contributed by atoms with E-state index in [0.717, 1.165) is 30.8 Å². The van der Waals surface area contributed by atoms with Crippen LogP contribution in [0.2, 0.25) is 0 Å². The first-order chi connectivity index (χ1) is 11.7. The van der Waals surface area contributed by atoms with Gasteiger partial charge in [-0.1, -0.05) is 25.7 Å². The molecule has 0 saturated heterocycles. The molecule has 4 nitrogen and oxygen atoms in total. The molecule has 1 aliphatic heterocycles. The average molecular weight is 330 g/mol. The summed E-state index contributed by atoms with van der Waals surface area (Å²) in [4.78, 5) is 17.2. The van der Waals surface area contributed by atoms with E-state index in [1.54, 1.807) is 7.11 Å². The molecule has 1 aromatic carbocycles. The highest BCUT2D eigenvalue weighted by Gasteiger charge is 2.26. The van der Waals surface area contributed by atoms with Crippen molar-refractivity contribution in [3.05, 3.63) is 23.8 Å². The van der Waals surface area contributed by atoms with Gasteiger partial charge < -0.3 is 9.64 Å². The smallest absolute Gasteiger partial charge is 0.241 e. The Morgan fingerprint density at radius 2 is 1.96 bits per heavy atom. The van der Waals surface area contributed by atoms with Gasteiger partial charge in [-0.2, -0.15) is 0 Å². The number of ether oxygens (including phenoxy) is 1. The Bertz CT molecular complexity index is 565. The van der Waals surface area contributed by atoms with Crippen molar-refractivity contribution in [3.8, 4) is 5.75 Å². The van der Waals surface area contributed by atoms with Crippen LogP contribution in [0, 0.1) is 0 Å². The normalized spacial score (nSPS) is 19.0. The fourth-order valence-corrected chi connectivity index (χ4v) is 4.09. The third-order valence-electron chi connectivity index (χ3n) is 5.54. The summed E-state index contributed by atoms with van der Waals surface area (Å²) in [7, 11) is 3.81. The molecule has 1 heterocycles.